The van der Waals surface area contributed by atoms with Crippen LogP contribution in [0.25, 0.3) is 0 Å². The highest BCUT2D eigenvalue weighted by atomic mass is 35.5. The van der Waals surface area contributed by atoms with Crippen molar-refractivity contribution in [1.29, 1.82) is 0 Å². The van der Waals surface area contributed by atoms with E-state index in [-0.39, 0.29) is 57.0 Å². The molecule has 44 heavy (non-hydrogen) atoms. The Morgan fingerprint density at radius 1 is 1.27 bits per heavy atom. The number of hydrogen-bond donors (Lipinski definition) is 3. The van der Waals surface area contributed by atoms with Crippen molar-refractivity contribution >= 4 is 43.7 Å². The molecule has 0 radical (unpaired) electrons. The Balaban J connectivity index is 1.63. The van der Waals surface area contributed by atoms with Gasteiger partial charge in [0.2, 0.25) is 0 Å². The van der Waals surface area contributed by atoms with Gasteiger partial charge in [0.15, 0.2) is 14.6 Å². The number of ether oxygens (including phenoxy) is 2. The monoisotopic (exact) mass is 668 g/mol. The Morgan fingerprint density at radius 2 is 1.93 bits per heavy atom. The lowest BCUT2D eigenvalue weighted by Gasteiger charge is -2.53. The molecule has 1 amide bonds. The first-order valence-corrected chi connectivity index (χ1v) is 19.4. The van der Waals surface area contributed by atoms with Crippen LogP contribution in [0.3, 0.4) is 0 Å². The maximum atomic E-state index is 13.4. The third-order valence-corrected chi connectivity index (χ3v) is 16.0. The molecule has 3 N–H and O–H groups in total. The number of aldehydes is 1. The number of carbonyl (C=O) groups excluding carboxylic acids is 2. The molecule has 0 spiro atoms. The summed E-state index contributed by atoms with van der Waals surface area (Å²) in [6, 6.07) is -0.769. The Hall–Kier alpha value is -1.46. The van der Waals surface area contributed by atoms with Gasteiger partial charge < -0.3 is 34.1 Å². The second-order valence-electron chi connectivity index (χ2n) is 14.6. The molecule has 0 aromatic carbocycles. The van der Waals surface area contributed by atoms with Crippen LogP contribution in [0.1, 0.15) is 77.0 Å². The highest BCUT2D eigenvalue weighted by Gasteiger charge is 2.56. The van der Waals surface area contributed by atoms with E-state index in [0.29, 0.717) is 5.69 Å². The molecule has 10 atom stereocenters. The van der Waals surface area contributed by atoms with E-state index in [1.165, 1.54) is 0 Å². The predicted molar refractivity (Wildman–Crippen MR) is 177 cm³/mol. The minimum absolute atomic E-state index is 0.000138. The van der Waals surface area contributed by atoms with Crippen LogP contribution in [0, 0.1) is 30.6 Å². The number of aromatic amines is 1. The lowest BCUT2D eigenvalue weighted by atomic mass is 9.63. The van der Waals surface area contributed by atoms with E-state index in [1.54, 1.807) is 13.8 Å². The number of allylic oxidation sites excluding steroid dienone is 2. The quantitative estimate of drug-likeness (QED) is 0.156. The third-order valence-electron chi connectivity index (χ3n) is 10.6. The zero-order valence-corrected chi connectivity index (χ0v) is 30.0. The van der Waals surface area contributed by atoms with Crippen molar-refractivity contribution in [2.75, 3.05) is 0 Å². The molecule has 0 unspecified atom stereocenters. The lowest BCUT2D eigenvalue weighted by molar-refractivity contribution is -0.293. The summed E-state index contributed by atoms with van der Waals surface area (Å²) in [5, 5.41) is 15.8. The lowest BCUT2D eigenvalue weighted by Crippen LogP contribution is -2.68. The zero-order valence-electron chi connectivity index (χ0n) is 27.5. The fraction of sp³-hybridized carbons (Fsp3) is 0.697. The van der Waals surface area contributed by atoms with Crippen LogP contribution in [0.4, 0.5) is 0 Å². The fourth-order valence-electron chi connectivity index (χ4n) is 6.75. The summed E-state index contributed by atoms with van der Waals surface area (Å²) >= 11 is 12.6. The van der Waals surface area contributed by atoms with Crippen molar-refractivity contribution in [3.05, 3.63) is 45.7 Å². The van der Waals surface area contributed by atoms with Crippen LogP contribution in [0.15, 0.2) is 24.3 Å². The van der Waals surface area contributed by atoms with Gasteiger partial charge in [-0.15, -0.1) is 0 Å². The van der Waals surface area contributed by atoms with Crippen molar-refractivity contribution in [3.8, 4) is 0 Å². The molecule has 4 rings (SSSR count). The average Bonchev–Trinajstić information content (AvgIpc) is 3.19. The van der Waals surface area contributed by atoms with Crippen LogP contribution >= 0.6 is 23.2 Å². The second-order valence-corrected chi connectivity index (χ2v) is 20.2. The van der Waals surface area contributed by atoms with Crippen molar-refractivity contribution in [3.63, 3.8) is 0 Å². The molecule has 8 nitrogen and oxygen atoms in total. The fourth-order valence-corrected chi connectivity index (χ4v) is 8.55. The number of hydrogen-bond acceptors (Lipinski definition) is 6. The maximum absolute atomic E-state index is 13.4. The van der Waals surface area contributed by atoms with Gasteiger partial charge in [0.1, 0.15) is 23.7 Å². The van der Waals surface area contributed by atoms with Crippen molar-refractivity contribution < 1.29 is 28.6 Å². The number of carbonyl (C=O) groups is 2. The summed E-state index contributed by atoms with van der Waals surface area (Å²) in [7, 11) is -2.39. The first kappa shape index (κ1) is 35.4. The number of nitrogens with one attached hydrogen (secondary N) is 2. The summed E-state index contributed by atoms with van der Waals surface area (Å²) in [5.41, 5.74) is 0.244. The Kier molecular flexibility index (Phi) is 10.4. The standard InChI is InChI=1S/C33H50Cl2N2O6Si/c1-17-11-13-22-24(14-12-18(2)26(22)23(17)16-38)42-25-15-33(40,30(20(4)41-25)43-44(9,10)32(6,7)8)21(5)37-31(39)29-28(35)27(34)19(3)36-29/h11,13,16-17,20-26,30,36,40H,2,12,14-15H2,1,3-10H3,(H,37,39)/t17-,20+,21-,22-,23-,24+,25-,26-,30+,33+/m0/s1. The Labute approximate surface area is 273 Å². The van der Waals surface area contributed by atoms with Crippen LogP contribution < -0.4 is 5.32 Å². The minimum Gasteiger partial charge on any atom is -0.408 e. The molecule has 2 heterocycles. The van der Waals surface area contributed by atoms with E-state index in [0.717, 1.165) is 24.7 Å². The predicted octanol–water partition coefficient (Wildman–Crippen LogP) is 6.99. The maximum Gasteiger partial charge on any atom is 0.269 e. The van der Waals surface area contributed by atoms with E-state index in [2.05, 4.69) is 69.8 Å². The van der Waals surface area contributed by atoms with Crippen LogP contribution in [-0.2, 0) is 18.7 Å². The molecule has 1 aromatic heterocycles. The van der Waals surface area contributed by atoms with Gasteiger partial charge in [0, 0.05) is 24.0 Å². The SMILES string of the molecule is C=C1CC[C@@H](O[C@H]2C[C@@](O)([C@H](C)NC(=O)c3[nH]c(C)c(Cl)c3Cl)[C@H](O[Si](C)(C)C(C)(C)C)[C@@H](C)O2)[C@@H]2C=C[C@H](C)[C@H](C=O)[C@@H]12. The Bertz CT molecular complexity index is 1290. The van der Waals surface area contributed by atoms with Gasteiger partial charge in [-0.2, -0.15) is 0 Å². The van der Waals surface area contributed by atoms with Crippen molar-refractivity contribution in [2.45, 2.75) is 122 Å². The van der Waals surface area contributed by atoms with Crippen molar-refractivity contribution in [1.82, 2.24) is 10.3 Å². The first-order valence-electron chi connectivity index (χ1n) is 15.7. The normalized spacial score (nSPS) is 35.2. The van der Waals surface area contributed by atoms with E-state index < -0.39 is 44.4 Å². The molecule has 2 aliphatic carbocycles. The number of rotatable bonds is 8. The number of amides is 1. The molecule has 2 fully saturated rings. The highest BCUT2D eigenvalue weighted by Crippen LogP contribution is 2.48. The van der Waals surface area contributed by atoms with Crippen molar-refractivity contribution in [2.24, 2.45) is 23.7 Å². The number of aliphatic hydroxyl groups is 1. The first-order chi connectivity index (χ1) is 20.3. The smallest absolute Gasteiger partial charge is 0.269 e. The largest absolute Gasteiger partial charge is 0.408 e. The molecule has 1 aromatic rings. The second kappa shape index (κ2) is 13.0. The van der Waals surface area contributed by atoms with E-state index in [4.69, 9.17) is 37.1 Å². The van der Waals surface area contributed by atoms with Gasteiger partial charge >= 0.3 is 0 Å². The molecular formula is C33H50Cl2N2O6Si. The molecule has 3 aliphatic rings. The summed E-state index contributed by atoms with van der Waals surface area (Å²) < 4.78 is 20.0. The molecule has 1 saturated heterocycles. The van der Waals surface area contributed by atoms with Gasteiger partial charge in [-0.25, -0.2) is 0 Å². The number of halogens is 2. The van der Waals surface area contributed by atoms with Gasteiger partial charge in [0.05, 0.1) is 28.3 Å². The minimum atomic E-state index is -2.39. The van der Waals surface area contributed by atoms with Crippen LogP contribution in [0.2, 0.25) is 28.2 Å². The number of aromatic nitrogens is 1. The molecule has 0 bridgehead atoms. The van der Waals surface area contributed by atoms with Crippen LogP contribution in [-0.4, -0.2) is 66.8 Å². The number of aryl methyl sites for hydroxylation is 1. The summed E-state index contributed by atoms with van der Waals surface area (Å²) in [6.45, 7) is 22.4. The summed E-state index contributed by atoms with van der Waals surface area (Å²) in [6.07, 6.45) is 4.59. The van der Waals surface area contributed by atoms with Gasteiger partial charge in [-0.05, 0) is 63.6 Å². The topological polar surface area (TPSA) is 110 Å². The molecule has 246 valence electrons. The van der Waals surface area contributed by atoms with E-state index >= 15 is 0 Å². The molecular weight excluding hydrogens is 619 g/mol. The van der Waals surface area contributed by atoms with Crippen LogP contribution in [0.5, 0.6) is 0 Å². The summed E-state index contributed by atoms with van der Waals surface area (Å²) in [5.74, 6) is -0.522. The van der Waals surface area contributed by atoms with Gasteiger partial charge in [0.25, 0.3) is 5.91 Å². The average molecular weight is 670 g/mol. The third kappa shape index (κ3) is 6.66. The zero-order chi connectivity index (χ0) is 32.9. The Morgan fingerprint density at radius 3 is 2.50 bits per heavy atom. The van der Waals surface area contributed by atoms with E-state index in [9.17, 15) is 14.7 Å². The number of fused-ring (bicyclic) bond motifs is 1. The highest BCUT2D eigenvalue weighted by molar-refractivity contribution is 6.74. The van der Waals surface area contributed by atoms with E-state index in [1.807, 2.05) is 6.92 Å². The molecule has 1 aliphatic heterocycles. The van der Waals surface area contributed by atoms with Gasteiger partial charge in [-0.1, -0.05) is 75.2 Å². The molecule has 1 saturated carbocycles. The molecule has 11 heteroatoms. The van der Waals surface area contributed by atoms with Gasteiger partial charge in [-0.3, -0.25) is 4.79 Å². The number of H-pyrrole nitrogens is 1. The summed E-state index contributed by atoms with van der Waals surface area (Å²) in [4.78, 5) is 28.4.